The number of rotatable bonds is 19. The molecule has 49 heavy (non-hydrogen) atoms. The van der Waals surface area contributed by atoms with Crippen molar-refractivity contribution in [1.29, 1.82) is 0 Å². The van der Waals surface area contributed by atoms with Crippen LogP contribution in [0.3, 0.4) is 0 Å². The summed E-state index contributed by atoms with van der Waals surface area (Å²) in [4.78, 5) is 42.3. The minimum absolute atomic E-state index is 0.123. The Balaban J connectivity index is 1.89. The highest BCUT2D eigenvalue weighted by atomic mass is 16.5. The quantitative estimate of drug-likeness (QED) is 0.137. The van der Waals surface area contributed by atoms with Crippen LogP contribution in [0.5, 0.6) is 11.5 Å². The van der Waals surface area contributed by atoms with Gasteiger partial charge in [0.1, 0.15) is 36.8 Å². The van der Waals surface area contributed by atoms with Crippen LogP contribution in [0.25, 0.3) is 11.1 Å². The van der Waals surface area contributed by atoms with Gasteiger partial charge in [-0.1, -0.05) is 83.3 Å². The Morgan fingerprint density at radius 3 is 1.92 bits per heavy atom. The summed E-state index contributed by atoms with van der Waals surface area (Å²) in [5.41, 5.74) is 14.6. The molecule has 272 valence electrons. The number of hydrogen-bond acceptors (Lipinski definition) is 7. The van der Waals surface area contributed by atoms with E-state index in [-0.39, 0.29) is 17.9 Å². The number of ether oxygens (including phenoxy) is 2. The van der Waals surface area contributed by atoms with Gasteiger partial charge in [0.05, 0.1) is 0 Å². The van der Waals surface area contributed by atoms with Crippen LogP contribution in [0.2, 0.25) is 0 Å². The van der Waals surface area contributed by atoms with Crippen LogP contribution in [0.1, 0.15) is 115 Å². The fourth-order valence-electron chi connectivity index (χ4n) is 6.37. The highest BCUT2D eigenvalue weighted by Crippen LogP contribution is 2.40. The van der Waals surface area contributed by atoms with E-state index in [1.807, 2.05) is 37.3 Å². The molecule has 2 aromatic carbocycles. The SMILES string of the molecule is CCCCCCCCCCCCCC(=O)N(C)C1C(=O)N[C@@H](C)C(=O)NC(C)Cc2ccc(OCCN)c(c2)-c2cc1ccc2OCCN. The summed E-state index contributed by atoms with van der Waals surface area (Å²) in [7, 11) is 1.66. The summed E-state index contributed by atoms with van der Waals surface area (Å²) in [6.45, 7) is 7.11. The molecule has 0 aromatic heterocycles. The van der Waals surface area contributed by atoms with E-state index in [0.29, 0.717) is 61.8 Å². The number of amides is 3. The highest BCUT2D eigenvalue weighted by molar-refractivity contribution is 5.93. The topological polar surface area (TPSA) is 149 Å². The second kappa shape index (κ2) is 21.5. The summed E-state index contributed by atoms with van der Waals surface area (Å²) < 4.78 is 12.2. The van der Waals surface area contributed by atoms with Gasteiger partial charge < -0.3 is 36.5 Å². The number of carbonyl (C=O) groups is 3. The molecule has 10 nitrogen and oxygen atoms in total. The molecular formula is C39H61N5O5. The molecule has 0 fully saturated rings. The van der Waals surface area contributed by atoms with Crippen molar-refractivity contribution < 1.29 is 23.9 Å². The molecule has 6 N–H and O–H groups in total. The Morgan fingerprint density at radius 2 is 1.33 bits per heavy atom. The molecule has 1 aliphatic heterocycles. The lowest BCUT2D eigenvalue weighted by Gasteiger charge is -2.30. The zero-order chi connectivity index (χ0) is 35.6. The van der Waals surface area contributed by atoms with Gasteiger partial charge >= 0.3 is 0 Å². The third kappa shape index (κ3) is 12.6. The van der Waals surface area contributed by atoms with E-state index in [0.717, 1.165) is 30.4 Å². The number of nitrogens with two attached hydrogens (primary N) is 2. The van der Waals surface area contributed by atoms with E-state index in [9.17, 15) is 14.4 Å². The van der Waals surface area contributed by atoms with Gasteiger partial charge in [0.25, 0.3) is 0 Å². The molecule has 4 bridgehead atoms. The Bertz CT molecular complexity index is 1330. The van der Waals surface area contributed by atoms with Gasteiger partial charge in [-0.05, 0) is 62.1 Å². The predicted molar refractivity (Wildman–Crippen MR) is 196 cm³/mol. The number of benzene rings is 2. The molecule has 2 aromatic rings. The van der Waals surface area contributed by atoms with Crippen molar-refractivity contribution in [2.75, 3.05) is 33.4 Å². The summed E-state index contributed by atoms with van der Waals surface area (Å²) in [5, 5.41) is 5.89. The normalized spacial score (nSPS) is 17.9. The summed E-state index contributed by atoms with van der Waals surface area (Å²) in [6.07, 6.45) is 14.0. The van der Waals surface area contributed by atoms with E-state index in [2.05, 4.69) is 17.6 Å². The average molecular weight is 680 g/mol. The maximum atomic E-state index is 14.0. The molecule has 0 saturated carbocycles. The summed E-state index contributed by atoms with van der Waals surface area (Å²) in [5.74, 6) is 0.350. The third-order valence-corrected chi connectivity index (χ3v) is 9.11. The predicted octanol–water partition coefficient (Wildman–Crippen LogP) is 5.79. The van der Waals surface area contributed by atoms with Crippen molar-refractivity contribution in [2.45, 2.75) is 122 Å². The first-order valence-corrected chi connectivity index (χ1v) is 18.5. The van der Waals surface area contributed by atoms with Crippen molar-refractivity contribution >= 4 is 17.7 Å². The first kappa shape index (κ1) is 39.8. The van der Waals surface area contributed by atoms with Crippen molar-refractivity contribution in [3.8, 4) is 22.6 Å². The molecule has 3 atom stereocenters. The average Bonchev–Trinajstić information content (AvgIpc) is 3.08. The molecule has 0 radical (unpaired) electrons. The number of nitrogens with zero attached hydrogens (tertiary/aromatic N) is 1. The van der Waals surface area contributed by atoms with Crippen molar-refractivity contribution in [3.05, 3.63) is 47.5 Å². The second-order valence-corrected chi connectivity index (χ2v) is 13.4. The zero-order valence-corrected chi connectivity index (χ0v) is 30.4. The second-order valence-electron chi connectivity index (χ2n) is 13.4. The molecule has 0 saturated heterocycles. The maximum Gasteiger partial charge on any atom is 0.248 e. The third-order valence-electron chi connectivity index (χ3n) is 9.11. The Morgan fingerprint density at radius 1 is 0.776 bits per heavy atom. The van der Waals surface area contributed by atoms with E-state index in [1.54, 1.807) is 20.0 Å². The fraction of sp³-hybridized carbons (Fsp3) is 0.615. The van der Waals surface area contributed by atoms with E-state index >= 15 is 0 Å². The van der Waals surface area contributed by atoms with Crippen LogP contribution < -0.4 is 31.6 Å². The number of fused-ring (bicyclic) bond motifs is 5. The zero-order valence-electron chi connectivity index (χ0n) is 30.4. The van der Waals surface area contributed by atoms with Gasteiger partial charge in [0, 0.05) is 43.7 Å². The van der Waals surface area contributed by atoms with Gasteiger partial charge in [0.2, 0.25) is 17.7 Å². The van der Waals surface area contributed by atoms with E-state index in [1.165, 1.54) is 56.3 Å². The molecule has 10 heteroatoms. The summed E-state index contributed by atoms with van der Waals surface area (Å²) in [6, 6.07) is 9.41. The van der Waals surface area contributed by atoms with Crippen LogP contribution in [-0.2, 0) is 20.8 Å². The monoisotopic (exact) mass is 679 g/mol. The van der Waals surface area contributed by atoms with Crippen LogP contribution in [0, 0.1) is 0 Å². The van der Waals surface area contributed by atoms with Crippen molar-refractivity contribution in [3.63, 3.8) is 0 Å². The van der Waals surface area contributed by atoms with Crippen LogP contribution in [0.15, 0.2) is 36.4 Å². The first-order chi connectivity index (χ1) is 23.7. The van der Waals surface area contributed by atoms with Crippen LogP contribution >= 0.6 is 0 Å². The number of carbonyl (C=O) groups excluding carboxylic acids is 3. The van der Waals surface area contributed by atoms with Crippen molar-refractivity contribution in [1.82, 2.24) is 15.5 Å². The maximum absolute atomic E-state index is 14.0. The first-order valence-electron chi connectivity index (χ1n) is 18.5. The fourth-order valence-corrected chi connectivity index (χ4v) is 6.37. The molecule has 0 aliphatic carbocycles. The van der Waals surface area contributed by atoms with Gasteiger partial charge in [-0.15, -0.1) is 0 Å². The van der Waals surface area contributed by atoms with Gasteiger partial charge in [0.15, 0.2) is 0 Å². The number of hydrogen-bond donors (Lipinski definition) is 4. The molecule has 1 aliphatic rings. The van der Waals surface area contributed by atoms with Gasteiger partial charge in [-0.2, -0.15) is 0 Å². The molecule has 3 rings (SSSR count). The van der Waals surface area contributed by atoms with Crippen LogP contribution in [0.4, 0.5) is 0 Å². The lowest BCUT2D eigenvalue weighted by molar-refractivity contribution is -0.140. The lowest BCUT2D eigenvalue weighted by Crippen LogP contribution is -2.51. The molecule has 1 heterocycles. The van der Waals surface area contributed by atoms with Crippen LogP contribution in [-0.4, -0.2) is 68.1 Å². The summed E-state index contributed by atoms with van der Waals surface area (Å²) >= 11 is 0. The largest absolute Gasteiger partial charge is 0.492 e. The standard InChI is InChI=1S/C39H61N5O5/c1-5-6-7-8-9-10-11-12-13-14-15-16-36(45)44(4)37-31-18-20-35(49-24-22-41)33(27-31)32-26-30(17-19-34(32)48-23-21-40)25-28(2)42-38(46)29(3)43-39(37)47/h17-20,26-29,37H,5-16,21-25,40-41H2,1-4H3,(H,42,46)(H,43,47)/t28?,29-,37?/m0/s1. The molecule has 2 unspecified atom stereocenters. The molecular weight excluding hydrogens is 618 g/mol. The minimum atomic E-state index is -0.977. The smallest absolute Gasteiger partial charge is 0.248 e. The lowest BCUT2D eigenvalue weighted by atomic mass is 9.93. The molecule has 0 spiro atoms. The molecule has 3 amide bonds. The number of nitrogens with one attached hydrogen (secondary N) is 2. The van der Waals surface area contributed by atoms with Gasteiger partial charge in [-0.25, -0.2) is 0 Å². The van der Waals surface area contributed by atoms with E-state index < -0.39 is 18.0 Å². The Labute approximate surface area is 294 Å². The number of likely N-dealkylation sites (N-methyl/N-ethyl adjacent to an activating group) is 1. The minimum Gasteiger partial charge on any atom is -0.492 e. The van der Waals surface area contributed by atoms with E-state index in [4.69, 9.17) is 20.9 Å². The van der Waals surface area contributed by atoms with Gasteiger partial charge in [-0.3, -0.25) is 14.4 Å². The Kier molecular flexibility index (Phi) is 17.4. The van der Waals surface area contributed by atoms with Crippen molar-refractivity contribution in [2.24, 2.45) is 11.5 Å². The highest BCUT2D eigenvalue weighted by Gasteiger charge is 2.32. The Hall–Kier alpha value is -3.63. The number of unbranched alkanes of at least 4 members (excludes halogenated alkanes) is 10.